The highest BCUT2D eigenvalue weighted by atomic mass is 14.8. The van der Waals surface area contributed by atoms with Crippen molar-refractivity contribution in [2.75, 3.05) is 0 Å². The molecule has 124 valence electrons. The lowest BCUT2D eigenvalue weighted by Gasteiger charge is -2.34. The van der Waals surface area contributed by atoms with Crippen LogP contribution in [0.1, 0.15) is 12.8 Å². The average molecular weight is 334 g/mol. The molecule has 0 amide bonds. The van der Waals surface area contributed by atoms with E-state index >= 15 is 0 Å². The molecular formula is C24H18N2. The summed E-state index contributed by atoms with van der Waals surface area (Å²) in [5, 5.41) is 7.90. The Morgan fingerprint density at radius 3 is 2.27 bits per heavy atom. The van der Waals surface area contributed by atoms with Gasteiger partial charge >= 0.3 is 0 Å². The van der Waals surface area contributed by atoms with Crippen LogP contribution in [-0.4, -0.2) is 9.97 Å². The third kappa shape index (κ3) is 1.99. The average Bonchev–Trinajstić information content (AvgIpc) is 2.68. The number of benzene rings is 3. The molecule has 2 aliphatic rings. The summed E-state index contributed by atoms with van der Waals surface area (Å²) in [4.78, 5) is 8.87. The normalized spacial score (nSPS) is 20.6. The molecule has 0 aliphatic heterocycles. The van der Waals surface area contributed by atoms with E-state index in [2.05, 4.69) is 64.6 Å². The zero-order chi connectivity index (χ0) is 17.1. The van der Waals surface area contributed by atoms with Crippen molar-refractivity contribution in [3.8, 4) is 11.3 Å². The lowest BCUT2D eigenvalue weighted by atomic mass is 9.71. The summed E-state index contributed by atoms with van der Waals surface area (Å²) < 4.78 is 0. The van der Waals surface area contributed by atoms with Crippen LogP contribution in [0.25, 0.3) is 45.0 Å². The predicted molar refractivity (Wildman–Crippen MR) is 107 cm³/mol. The molecule has 4 aromatic rings. The minimum atomic E-state index is 0.736. The van der Waals surface area contributed by atoms with E-state index in [4.69, 9.17) is 0 Å². The van der Waals surface area contributed by atoms with Crippen LogP contribution in [0.15, 0.2) is 61.1 Å². The van der Waals surface area contributed by atoms with Gasteiger partial charge in [-0.3, -0.25) is 9.97 Å². The van der Waals surface area contributed by atoms with Crippen molar-refractivity contribution in [3.63, 3.8) is 0 Å². The number of hydrogen-bond acceptors (Lipinski definition) is 2. The van der Waals surface area contributed by atoms with Crippen LogP contribution in [0, 0.1) is 11.8 Å². The number of nitrogens with zero attached hydrogens (tertiary/aromatic N) is 2. The van der Waals surface area contributed by atoms with Gasteiger partial charge in [-0.2, -0.15) is 0 Å². The van der Waals surface area contributed by atoms with Crippen molar-refractivity contribution in [1.29, 1.82) is 0 Å². The van der Waals surface area contributed by atoms with E-state index in [1.54, 1.807) is 12.4 Å². The van der Waals surface area contributed by atoms with E-state index < -0.39 is 0 Å². The van der Waals surface area contributed by atoms with Gasteiger partial charge in [0.1, 0.15) is 0 Å². The summed E-state index contributed by atoms with van der Waals surface area (Å²) in [6.45, 7) is 0. The topological polar surface area (TPSA) is 25.8 Å². The second kappa shape index (κ2) is 5.25. The van der Waals surface area contributed by atoms with Gasteiger partial charge in [0.25, 0.3) is 0 Å². The lowest BCUT2D eigenvalue weighted by Crippen LogP contribution is -2.37. The number of hydrogen-bond donors (Lipinski definition) is 0. The van der Waals surface area contributed by atoms with E-state index in [0.29, 0.717) is 0 Å². The molecule has 2 aliphatic carbocycles. The fourth-order valence-corrected chi connectivity index (χ4v) is 4.55. The molecule has 2 atom stereocenters. The van der Waals surface area contributed by atoms with Gasteiger partial charge in [0.15, 0.2) is 0 Å². The van der Waals surface area contributed by atoms with Gasteiger partial charge in [0.05, 0.1) is 11.9 Å². The second-order valence-corrected chi connectivity index (χ2v) is 7.50. The highest BCUT2D eigenvalue weighted by Gasteiger charge is 2.28. The van der Waals surface area contributed by atoms with E-state index in [1.807, 2.05) is 6.20 Å². The molecule has 1 aromatic heterocycles. The van der Waals surface area contributed by atoms with Crippen LogP contribution < -0.4 is 10.4 Å². The van der Waals surface area contributed by atoms with Gasteiger partial charge in [-0.25, -0.2) is 0 Å². The van der Waals surface area contributed by atoms with Crippen LogP contribution in [-0.2, 0) is 0 Å². The molecule has 2 nitrogen and oxygen atoms in total. The van der Waals surface area contributed by atoms with Gasteiger partial charge < -0.3 is 0 Å². The van der Waals surface area contributed by atoms with E-state index in [0.717, 1.165) is 17.5 Å². The summed E-state index contributed by atoms with van der Waals surface area (Å²) in [5.74, 6) is 1.48. The van der Waals surface area contributed by atoms with Gasteiger partial charge in [-0.05, 0) is 74.9 Å². The fourth-order valence-electron chi connectivity index (χ4n) is 4.55. The molecule has 6 rings (SSSR count). The Morgan fingerprint density at radius 1 is 0.769 bits per heavy atom. The summed E-state index contributed by atoms with van der Waals surface area (Å²) in [6, 6.07) is 15.7. The van der Waals surface area contributed by atoms with E-state index in [9.17, 15) is 0 Å². The maximum absolute atomic E-state index is 4.58. The van der Waals surface area contributed by atoms with Gasteiger partial charge in [0, 0.05) is 18.0 Å². The standard InChI is InChI=1S/C24H18N2/c1-2-4-20-17(3-1)11-23(24-14-25-7-8-26-24)22-13-19-10-16-6-5-15(16)9-18(19)12-21(20)22/h1-4,7-16H,5-6H2. The maximum atomic E-state index is 4.58. The first-order valence-corrected chi connectivity index (χ1v) is 9.32. The number of rotatable bonds is 1. The molecule has 0 radical (unpaired) electrons. The van der Waals surface area contributed by atoms with Crippen molar-refractivity contribution in [3.05, 3.63) is 71.5 Å². The third-order valence-corrected chi connectivity index (χ3v) is 6.07. The summed E-state index contributed by atoms with van der Waals surface area (Å²) in [5.41, 5.74) is 2.10. The first-order valence-electron chi connectivity index (χ1n) is 9.32. The zero-order valence-electron chi connectivity index (χ0n) is 14.4. The fraction of sp³-hybridized carbons (Fsp3) is 0.167. The molecule has 0 bridgehead atoms. The Morgan fingerprint density at radius 2 is 1.54 bits per heavy atom. The molecule has 1 heterocycles. The molecule has 0 spiro atoms. The second-order valence-electron chi connectivity index (χ2n) is 7.50. The van der Waals surface area contributed by atoms with Gasteiger partial charge in [-0.15, -0.1) is 0 Å². The Hall–Kier alpha value is -3.00. The third-order valence-electron chi connectivity index (χ3n) is 6.07. The Bertz CT molecular complexity index is 1290. The zero-order valence-corrected chi connectivity index (χ0v) is 14.4. The largest absolute Gasteiger partial charge is 0.261 e. The van der Waals surface area contributed by atoms with Crippen molar-refractivity contribution < 1.29 is 0 Å². The van der Waals surface area contributed by atoms with E-state index in [-0.39, 0.29) is 0 Å². The van der Waals surface area contributed by atoms with E-state index in [1.165, 1.54) is 50.4 Å². The molecular weight excluding hydrogens is 316 g/mol. The summed E-state index contributed by atoms with van der Waals surface area (Å²) in [6.07, 6.45) is 13.0. The van der Waals surface area contributed by atoms with Crippen LogP contribution in [0.2, 0.25) is 0 Å². The van der Waals surface area contributed by atoms with Crippen LogP contribution >= 0.6 is 0 Å². The van der Waals surface area contributed by atoms with Gasteiger partial charge in [0.2, 0.25) is 0 Å². The summed E-state index contributed by atoms with van der Waals surface area (Å²) in [7, 11) is 0. The highest BCUT2D eigenvalue weighted by Crippen LogP contribution is 2.38. The first kappa shape index (κ1) is 14.2. The molecule has 2 unspecified atom stereocenters. The van der Waals surface area contributed by atoms with Gasteiger partial charge in [-0.1, -0.05) is 36.4 Å². The Labute approximate surface area is 151 Å². The minimum Gasteiger partial charge on any atom is -0.261 e. The van der Waals surface area contributed by atoms with Crippen molar-refractivity contribution >= 4 is 33.7 Å². The smallest absolute Gasteiger partial charge is 0.0891 e. The monoisotopic (exact) mass is 334 g/mol. The molecule has 1 saturated carbocycles. The SMILES string of the molecule is C1=c2cc3c(-c4cnccn4)cc4ccccc4c3cc2=CC2CCC12. The maximum Gasteiger partial charge on any atom is 0.0891 e. The van der Waals surface area contributed by atoms with Crippen LogP contribution in [0.4, 0.5) is 0 Å². The molecule has 3 aromatic carbocycles. The van der Waals surface area contributed by atoms with Crippen molar-refractivity contribution in [1.82, 2.24) is 9.97 Å². The first-order chi connectivity index (χ1) is 12.9. The molecule has 1 fully saturated rings. The van der Waals surface area contributed by atoms with Crippen LogP contribution in [0.3, 0.4) is 0 Å². The lowest BCUT2D eigenvalue weighted by molar-refractivity contribution is 0.320. The van der Waals surface area contributed by atoms with Crippen molar-refractivity contribution in [2.24, 2.45) is 11.8 Å². The molecule has 0 saturated heterocycles. The quantitative estimate of drug-likeness (QED) is 0.491. The number of aromatic nitrogens is 2. The Balaban J connectivity index is 1.79. The summed E-state index contributed by atoms with van der Waals surface area (Å²) >= 11 is 0. The highest BCUT2D eigenvalue weighted by molar-refractivity contribution is 6.13. The van der Waals surface area contributed by atoms with Crippen molar-refractivity contribution in [2.45, 2.75) is 12.8 Å². The molecule has 0 N–H and O–H groups in total. The number of fused-ring (bicyclic) bond motifs is 5. The Kier molecular flexibility index (Phi) is 2.87. The molecule has 26 heavy (non-hydrogen) atoms. The minimum absolute atomic E-state index is 0.736. The molecule has 2 heteroatoms. The van der Waals surface area contributed by atoms with Crippen LogP contribution in [0.5, 0.6) is 0 Å². The predicted octanol–water partition coefficient (Wildman–Crippen LogP) is 4.05.